The quantitative estimate of drug-likeness (QED) is 0.261. The zero-order chi connectivity index (χ0) is 20.4. The van der Waals surface area contributed by atoms with Crippen LogP contribution in [0.1, 0.15) is 11.1 Å². The lowest BCUT2D eigenvalue weighted by Crippen LogP contribution is -2.14. The molecule has 0 aliphatic carbocycles. The van der Waals surface area contributed by atoms with E-state index in [-0.39, 0.29) is 11.7 Å². The van der Waals surface area contributed by atoms with Crippen LogP contribution in [-0.4, -0.2) is 21.6 Å². The number of aromatic nitrogens is 2. The van der Waals surface area contributed by atoms with E-state index in [4.69, 9.17) is 0 Å². The summed E-state index contributed by atoms with van der Waals surface area (Å²) in [6, 6.07) is 14.0. The van der Waals surface area contributed by atoms with Gasteiger partial charge in [-0.3, -0.25) is 4.79 Å². The van der Waals surface area contributed by atoms with Crippen molar-refractivity contribution >= 4 is 60.8 Å². The number of rotatable bonds is 5. The number of carbonyl (C=O) groups is 1. The summed E-state index contributed by atoms with van der Waals surface area (Å²) in [5, 5.41) is 6.89. The lowest BCUT2D eigenvalue weighted by Gasteiger charge is -2.08. The van der Waals surface area contributed by atoms with Crippen molar-refractivity contribution in [2.24, 2.45) is 0 Å². The molecule has 0 aliphatic rings. The van der Waals surface area contributed by atoms with E-state index in [2.05, 4.69) is 68.6 Å². The first-order chi connectivity index (χ1) is 14.0. The van der Waals surface area contributed by atoms with E-state index < -0.39 is 0 Å². The normalized spacial score (nSPS) is 11.0. The molecule has 0 saturated heterocycles. The summed E-state index contributed by atoms with van der Waals surface area (Å²) in [4.78, 5) is 22.3. The highest BCUT2D eigenvalue weighted by Gasteiger charge is 2.15. The molecule has 1 amide bonds. The number of fused-ring (bicyclic) bond motifs is 1. The number of amides is 1. The summed E-state index contributed by atoms with van der Waals surface area (Å²) in [5.74, 6) is 0.201. The van der Waals surface area contributed by atoms with Crippen molar-refractivity contribution in [3.05, 3.63) is 69.8 Å². The third-order valence-electron chi connectivity index (χ3n) is 4.64. The van der Waals surface area contributed by atoms with Crippen molar-refractivity contribution in [2.45, 2.75) is 18.9 Å². The van der Waals surface area contributed by atoms with Gasteiger partial charge < -0.3 is 5.32 Å². The van der Waals surface area contributed by atoms with Crippen LogP contribution in [0.15, 0.2) is 63.7 Å². The summed E-state index contributed by atoms with van der Waals surface area (Å²) in [5.41, 5.74) is 5.54. The van der Waals surface area contributed by atoms with Crippen LogP contribution in [0.4, 0.5) is 5.69 Å². The Morgan fingerprint density at radius 1 is 1.14 bits per heavy atom. The maximum atomic E-state index is 12.5. The minimum atomic E-state index is -0.0726. The first-order valence-electron chi connectivity index (χ1n) is 9.00. The average Bonchev–Trinajstić information content (AvgIpc) is 3.15. The summed E-state index contributed by atoms with van der Waals surface area (Å²) in [7, 11) is 0. The van der Waals surface area contributed by atoms with E-state index >= 15 is 0 Å². The van der Waals surface area contributed by atoms with E-state index in [0.717, 1.165) is 36.5 Å². The van der Waals surface area contributed by atoms with Crippen LogP contribution in [0.2, 0.25) is 0 Å². The topological polar surface area (TPSA) is 54.9 Å². The van der Waals surface area contributed by atoms with E-state index in [1.54, 1.807) is 17.7 Å². The Morgan fingerprint density at radius 2 is 1.97 bits per heavy atom. The van der Waals surface area contributed by atoms with E-state index in [9.17, 15) is 4.79 Å². The molecule has 29 heavy (non-hydrogen) atoms. The van der Waals surface area contributed by atoms with Crippen LogP contribution >= 0.6 is 39.0 Å². The number of aryl methyl sites for hydroxylation is 2. The summed E-state index contributed by atoms with van der Waals surface area (Å²) >= 11 is 6.49. The third kappa shape index (κ3) is 4.37. The lowest BCUT2D eigenvalue weighted by molar-refractivity contribution is -0.113. The Kier molecular flexibility index (Phi) is 5.99. The number of hydrogen-bond donors (Lipinski definition) is 1. The number of benzene rings is 2. The van der Waals surface area contributed by atoms with Gasteiger partial charge in [-0.05, 0) is 58.6 Å². The molecule has 0 unspecified atom stereocenters. The molecule has 0 aliphatic heterocycles. The third-order valence-corrected chi connectivity index (χ3v) is 7.21. The fraction of sp³-hybridized carbons (Fsp3) is 0.136. The predicted molar refractivity (Wildman–Crippen MR) is 126 cm³/mol. The van der Waals surface area contributed by atoms with Crippen LogP contribution in [0.5, 0.6) is 0 Å². The molecule has 0 saturated carbocycles. The number of nitrogens with zero attached hydrogens (tertiary/aromatic N) is 2. The minimum Gasteiger partial charge on any atom is -0.324 e. The van der Waals surface area contributed by atoms with E-state index in [0.29, 0.717) is 0 Å². The van der Waals surface area contributed by atoms with Gasteiger partial charge in [0.05, 0.1) is 16.8 Å². The first-order valence-corrected chi connectivity index (χ1v) is 11.7. The van der Waals surface area contributed by atoms with Gasteiger partial charge in [-0.15, -0.1) is 11.3 Å². The molecule has 4 nitrogen and oxygen atoms in total. The average molecular weight is 484 g/mol. The molecular formula is C22H18BrN3OS2. The van der Waals surface area contributed by atoms with Crippen molar-refractivity contribution < 1.29 is 4.79 Å². The second-order valence-electron chi connectivity index (χ2n) is 6.62. The molecule has 0 atom stereocenters. The Labute approximate surface area is 185 Å². The second kappa shape index (κ2) is 8.65. The molecule has 4 aromatic rings. The highest BCUT2D eigenvalue weighted by atomic mass is 79.9. The van der Waals surface area contributed by atoms with Crippen LogP contribution in [-0.2, 0) is 4.79 Å². The zero-order valence-electron chi connectivity index (χ0n) is 15.9. The standard InChI is InChI=1S/C22H18BrN3OS2/c1-13-7-8-15(9-14(13)2)16-10-28-21-20(16)22(25-12-24-21)29-11-19(27)26-18-6-4-3-5-17(18)23/h3-10,12H,11H2,1-2H3,(H,26,27). The first kappa shape index (κ1) is 20.1. The zero-order valence-corrected chi connectivity index (χ0v) is 19.1. The number of nitrogens with one attached hydrogen (secondary N) is 1. The number of hydrogen-bond acceptors (Lipinski definition) is 5. The predicted octanol–water partition coefficient (Wildman–Crippen LogP) is 6.47. The van der Waals surface area contributed by atoms with Crippen LogP contribution in [0.3, 0.4) is 0 Å². The molecule has 1 N–H and O–H groups in total. The molecule has 0 radical (unpaired) electrons. The fourth-order valence-corrected chi connectivity index (χ4v) is 5.14. The van der Waals surface area contributed by atoms with Crippen molar-refractivity contribution in [3.63, 3.8) is 0 Å². The van der Waals surface area contributed by atoms with Crippen molar-refractivity contribution in [3.8, 4) is 11.1 Å². The minimum absolute atomic E-state index is 0.0726. The van der Waals surface area contributed by atoms with Crippen LogP contribution in [0, 0.1) is 13.8 Å². The Balaban J connectivity index is 1.59. The number of para-hydroxylation sites is 1. The van der Waals surface area contributed by atoms with Gasteiger partial charge in [-0.25, -0.2) is 9.97 Å². The highest BCUT2D eigenvalue weighted by Crippen LogP contribution is 2.38. The maximum absolute atomic E-state index is 12.5. The monoisotopic (exact) mass is 483 g/mol. The number of carbonyl (C=O) groups excluding carboxylic acids is 1. The molecular weight excluding hydrogens is 466 g/mol. The van der Waals surface area contributed by atoms with Gasteiger partial charge >= 0.3 is 0 Å². The Bertz CT molecular complexity index is 1210. The van der Waals surface area contributed by atoms with Gasteiger partial charge in [0.25, 0.3) is 0 Å². The van der Waals surface area contributed by atoms with Crippen molar-refractivity contribution in [1.29, 1.82) is 0 Å². The van der Waals surface area contributed by atoms with E-state index in [1.807, 2.05) is 24.3 Å². The van der Waals surface area contributed by atoms with E-state index in [1.165, 1.54) is 22.9 Å². The Hall–Kier alpha value is -2.22. The molecule has 0 spiro atoms. The molecule has 2 aromatic heterocycles. The fourth-order valence-electron chi connectivity index (χ4n) is 2.96. The smallest absolute Gasteiger partial charge is 0.234 e. The second-order valence-corrected chi connectivity index (χ2v) is 9.30. The van der Waals surface area contributed by atoms with Gasteiger partial charge in [-0.1, -0.05) is 42.1 Å². The Morgan fingerprint density at radius 3 is 2.76 bits per heavy atom. The molecule has 7 heteroatoms. The number of halogens is 1. The molecule has 4 rings (SSSR count). The maximum Gasteiger partial charge on any atom is 0.234 e. The van der Waals surface area contributed by atoms with Crippen LogP contribution < -0.4 is 5.32 Å². The number of anilines is 1. The van der Waals surface area contributed by atoms with Crippen molar-refractivity contribution in [2.75, 3.05) is 11.1 Å². The lowest BCUT2D eigenvalue weighted by atomic mass is 10.0. The molecule has 0 bridgehead atoms. The van der Waals surface area contributed by atoms with Gasteiger partial charge in [0.2, 0.25) is 5.91 Å². The van der Waals surface area contributed by atoms with Gasteiger partial charge in [0.15, 0.2) is 0 Å². The highest BCUT2D eigenvalue weighted by molar-refractivity contribution is 9.10. The van der Waals surface area contributed by atoms with Crippen LogP contribution in [0.25, 0.3) is 21.3 Å². The summed E-state index contributed by atoms with van der Waals surface area (Å²) in [6.45, 7) is 4.23. The molecule has 2 aromatic carbocycles. The molecule has 0 fully saturated rings. The van der Waals surface area contributed by atoms with Gasteiger partial charge in [0, 0.05) is 15.4 Å². The number of thiophene rings is 1. The number of thioether (sulfide) groups is 1. The van der Waals surface area contributed by atoms with Gasteiger partial charge in [0.1, 0.15) is 16.2 Å². The van der Waals surface area contributed by atoms with Gasteiger partial charge in [-0.2, -0.15) is 0 Å². The SMILES string of the molecule is Cc1ccc(-c2csc3ncnc(SCC(=O)Nc4ccccc4Br)c23)cc1C. The largest absolute Gasteiger partial charge is 0.324 e. The molecule has 2 heterocycles. The summed E-state index contributed by atoms with van der Waals surface area (Å²) < 4.78 is 0.859. The van der Waals surface area contributed by atoms with Crippen molar-refractivity contribution in [1.82, 2.24) is 9.97 Å². The molecule has 146 valence electrons. The summed E-state index contributed by atoms with van der Waals surface area (Å²) in [6.07, 6.45) is 1.57.